The van der Waals surface area contributed by atoms with Crippen LogP contribution in [0.15, 0.2) is 146 Å². The van der Waals surface area contributed by atoms with Gasteiger partial charge in [0.15, 0.2) is 6.10 Å². The summed E-state index contributed by atoms with van der Waals surface area (Å²) in [7, 11) is 0. The Balaban J connectivity index is 4.59. The van der Waals surface area contributed by atoms with Crippen molar-refractivity contribution in [2.24, 2.45) is 0 Å². The van der Waals surface area contributed by atoms with Gasteiger partial charge in [-0.25, -0.2) is 0 Å². The quantitative estimate of drug-likeness (QED) is 0.0199. The maximum atomic E-state index is 12.8. The highest BCUT2D eigenvalue weighted by atomic mass is 16.6. The topological polar surface area (TPSA) is 78.9 Å². The van der Waals surface area contributed by atoms with E-state index < -0.39 is 6.10 Å². The number of carbonyl (C=O) groups excluding carboxylic acids is 3. The van der Waals surface area contributed by atoms with Gasteiger partial charge in [-0.1, -0.05) is 224 Å². The molecule has 0 aromatic heterocycles. The number of hydrogen-bond donors (Lipinski definition) is 0. The van der Waals surface area contributed by atoms with E-state index in [1.54, 1.807) is 0 Å². The van der Waals surface area contributed by atoms with E-state index in [9.17, 15) is 14.4 Å². The lowest BCUT2D eigenvalue weighted by molar-refractivity contribution is -0.167. The molecule has 0 rings (SSSR count). The van der Waals surface area contributed by atoms with Crippen molar-refractivity contribution in [2.75, 3.05) is 13.2 Å². The Kier molecular flexibility index (Phi) is 51.1. The van der Waals surface area contributed by atoms with E-state index in [1.807, 2.05) is 48.6 Å². The molecule has 0 heterocycles. The van der Waals surface area contributed by atoms with Crippen LogP contribution in [0.5, 0.6) is 0 Å². The Labute approximate surface area is 417 Å². The minimum Gasteiger partial charge on any atom is -0.462 e. The zero-order chi connectivity index (χ0) is 49.3. The van der Waals surface area contributed by atoms with E-state index in [2.05, 4.69) is 118 Å². The van der Waals surface area contributed by atoms with Crippen LogP contribution < -0.4 is 0 Å². The molecule has 380 valence electrons. The van der Waals surface area contributed by atoms with Gasteiger partial charge in [0.1, 0.15) is 13.2 Å². The van der Waals surface area contributed by atoms with E-state index in [-0.39, 0.29) is 37.5 Å². The maximum absolute atomic E-state index is 12.8. The predicted molar refractivity (Wildman–Crippen MR) is 292 cm³/mol. The van der Waals surface area contributed by atoms with Crippen LogP contribution in [-0.2, 0) is 28.6 Å². The van der Waals surface area contributed by atoms with Gasteiger partial charge in [-0.05, 0) is 109 Å². The standard InChI is InChI=1S/C62H96O6/c1-4-7-10-13-16-19-22-25-28-30-31-32-35-37-40-43-46-49-52-55-61(64)67-58-59(57-66-60(63)54-51-48-45-42-39-36-33-27-24-21-18-15-12-9-6-3)68-62(65)56-53-50-47-44-41-38-34-29-26-23-20-17-14-11-8-5-2/h7,9-10,12,15-16,18-19,21,24-25,27-29,31-34,36-41,59H,4-6,8,11,13-14,17,20,22-23,26,30,35,42-58H2,1-3H3/b10-7-,12-9-,18-15-,19-16-,24-21-,28-25-,32-31-,33-27-,34-29-,39-36-,40-37-,41-38-. The number of ether oxygens (including phenoxy) is 3. The number of allylic oxidation sites excluding steroid dienone is 24. The fourth-order valence-electron chi connectivity index (χ4n) is 6.71. The summed E-state index contributed by atoms with van der Waals surface area (Å²) in [5, 5.41) is 0. The molecule has 0 saturated carbocycles. The summed E-state index contributed by atoms with van der Waals surface area (Å²) in [6, 6.07) is 0. The van der Waals surface area contributed by atoms with Crippen LogP contribution in [0.3, 0.4) is 0 Å². The molecule has 1 atom stereocenters. The molecule has 0 radical (unpaired) electrons. The van der Waals surface area contributed by atoms with Crippen LogP contribution in [0.25, 0.3) is 0 Å². The molecule has 0 fully saturated rings. The van der Waals surface area contributed by atoms with Gasteiger partial charge in [0.25, 0.3) is 0 Å². The number of hydrogen-bond acceptors (Lipinski definition) is 6. The summed E-state index contributed by atoms with van der Waals surface area (Å²) in [6.07, 6.45) is 78.3. The van der Waals surface area contributed by atoms with Crippen molar-refractivity contribution in [1.82, 2.24) is 0 Å². The number of carbonyl (C=O) groups is 3. The summed E-state index contributed by atoms with van der Waals surface area (Å²) >= 11 is 0. The first-order valence-electron chi connectivity index (χ1n) is 26.9. The second-order valence-corrected chi connectivity index (χ2v) is 17.2. The molecule has 6 nitrogen and oxygen atoms in total. The van der Waals surface area contributed by atoms with E-state index >= 15 is 0 Å². The third kappa shape index (κ3) is 52.3. The Morgan fingerprint density at radius 1 is 0.324 bits per heavy atom. The Bertz CT molecular complexity index is 1540. The van der Waals surface area contributed by atoms with Gasteiger partial charge in [0.05, 0.1) is 0 Å². The number of rotatable bonds is 46. The van der Waals surface area contributed by atoms with Crippen molar-refractivity contribution < 1.29 is 28.6 Å². The molecule has 0 aliphatic heterocycles. The molecule has 0 aliphatic rings. The van der Waals surface area contributed by atoms with E-state index in [1.165, 1.54) is 44.9 Å². The van der Waals surface area contributed by atoms with Gasteiger partial charge < -0.3 is 14.2 Å². The van der Waals surface area contributed by atoms with Gasteiger partial charge in [-0.2, -0.15) is 0 Å². The predicted octanol–water partition coefficient (Wildman–Crippen LogP) is 18.0. The van der Waals surface area contributed by atoms with Gasteiger partial charge in [-0.15, -0.1) is 0 Å². The average molecular weight is 937 g/mol. The first kappa shape index (κ1) is 63.3. The average Bonchev–Trinajstić information content (AvgIpc) is 3.34. The van der Waals surface area contributed by atoms with Gasteiger partial charge >= 0.3 is 17.9 Å². The largest absolute Gasteiger partial charge is 0.462 e. The molecule has 1 unspecified atom stereocenters. The normalized spacial score (nSPS) is 13.3. The van der Waals surface area contributed by atoms with E-state index in [0.717, 1.165) is 116 Å². The second kappa shape index (κ2) is 54.9. The molecular weight excluding hydrogens is 841 g/mol. The maximum Gasteiger partial charge on any atom is 0.306 e. The minimum absolute atomic E-state index is 0.126. The van der Waals surface area contributed by atoms with Gasteiger partial charge in [-0.3, -0.25) is 14.4 Å². The molecule has 0 saturated heterocycles. The fourth-order valence-corrected chi connectivity index (χ4v) is 6.71. The summed E-state index contributed by atoms with van der Waals surface area (Å²) in [5.74, 6) is -1.03. The third-order valence-corrected chi connectivity index (χ3v) is 10.7. The van der Waals surface area contributed by atoms with Crippen LogP contribution in [0.1, 0.15) is 207 Å². The Morgan fingerprint density at radius 2 is 0.647 bits per heavy atom. The first-order valence-corrected chi connectivity index (χ1v) is 26.9. The van der Waals surface area contributed by atoms with Crippen molar-refractivity contribution >= 4 is 17.9 Å². The monoisotopic (exact) mass is 937 g/mol. The number of unbranched alkanes of at least 4 members (excludes halogenated alkanes) is 16. The summed E-state index contributed by atoms with van der Waals surface area (Å²) in [4.78, 5) is 38.1. The lowest BCUT2D eigenvalue weighted by atomic mass is 10.1. The highest BCUT2D eigenvalue weighted by molar-refractivity contribution is 5.71. The molecule has 0 aromatic carbocycles. The lowest BCUT2D eigenvalue weighted by Crippen LogP contribution is -2.30. The van der Waals surface area contributed by atoms with E-state index in [0.29, 0.717) is 19.3 Å². The zero-order valence-electron chi connectivity index (χ0n) is 43.3. The highest BCUT2D eigenvalue weighted by Gasteiger charge is 2.19. The first-order chi connectivity index (χ1) is 33.5. The van der Waals surface area contributed by atoms with Crippen molar-refractivity contribution in [3.63, 3.8) is 0 Å². The van der Waals surface area contributed by atoms with Crippen molar-refractivity contribution in [3.05, 3.63) is 146 Å². The highest BCUT2D eigenvalue weighted by Crippen LogP contribution is 2.12. The van der Waals surface area contributed by atoms with Crippen LogP contribution in [0, 0.1) is 0 Å². The van der Waals surface area contributed by atoms with Crippen molar-refractivity contribution in [3.8, 4) is 0 Å². The Hall–Kier alpha value is -4.71. The molecule has 0 aliphatic carbocycles. The van der Waals surface area contributed by atoms with Crippen molar-refractivity contribution in [1.29, 1.82) is 0 Å². The van der Waals surface area contributed by atoms with Crippen LogP contribution in [-0.4, -0.2) is 37.2 Å². The molecule has 68 heavy (non-hydrogen) atoms. The summed E-state index contributed by atoms with van der Waals surface area (Å²) in [6.45, 7) is 6.27. The Morgan fingerprint density at radius 3 is 1.09 bits per heavy atom. The molecule has 6 heteroatoms. The summed E-state index contributed by atoms with van der Waals surface area (Å²) in [5.41, 5.74) is 0. The smallest absolute Gasteiger partial charge is 0.306 e. The van der Waals surface area contributed by atoms with E-state index in [4.69, 9.17) is 14.2 Å². The van der Waals surface area contributed by atoms with Crippen LogP contribution >= 0.6 is 0 Å². The van der Waals surface area contributed by atoms with Crippen LogP contribution in [0.4, 0.5) is 0 Å². The minimum atomic E-state index is -0.830. The molecule has 0 amide bonds. The molecule has 0 N–H and O–H groups in total. The number of esters is 3. The SMILES string of the molecule is CC\C=C/C=C\C=C/C=C\C=C/CCCCCC(=O)OCC(COC(=O)CCCCC/C=C\C/C=C\C/C=C\C/C=C\C/C=C\CC)OC(=O)CCCCC/C=C\C=C/CCCCCCCCC. The molecular formula is C62H96O6. The molecule has 0 aromatic rings. The molecule has 0 spiro atoms. The van der Waals surface area contributed by atoms with Crippen LogP contribution in [0.2, 0.25) is 0 Å². The zero-order valence-corrected chi connectivity index (χ0v) is 43.3. The summed E-state index contributed by atoms with van der Waals surface area (Å²) < 4.78 is 16.7. The van der Waals surface area contributed by atoms with Gasteiger partial charge in [0.2, 0.25) is 0 Å². The fraction of sp³-hybridized carbons (Fsp3) is 0.565. The second-order valence-electron chi connectivity index (χ2n) is 17.2. The van der Waals surface area contributed by atoms with Crippen molar-refractivity contribution in [2.45, 2.75) is 213 Å². The lowest BCUT2D eigenvalue weighted by Gasteiger charge is -2.18. The third-order valence-electron chi connectivity index (χ3n) is 10.7. The van der Waals surface area contributed by atoms with Gasteiger partial charge in [0, 0.05) is 19.3 Å². The molecule has 0 bridgehead atoms.